The number of aromatic amines is 1. The highest BCUT2D eigenvalue weighted by atomic mass is 79.9. The van der Waals surface area contributed by atoms with E-state index in [4.69, 9.17) is 0 Å². The molecule has 1 aliphatic carbocycles. The molecule has 70 valence electrons. The summed E-state index contributed by atoms with van der Waals surface area (Å²) in [5.41, 5.74) is 3.05. The van der Waals surface area contributed by atoms with E-state index in [1.54, 1.807) is 0 Å². The molecule has 0 bridgehead atoms. The molecule has 14 heavy (non-hydrogen) atoms. The van der Waals surface area contributed by atoms with Crippen LogP contribution in [0.5, 0.6) is 0 Å². The highest BCUT2D eigenvalue weighted by molar-refractivity contribution is 9.10. The van der Waals surface area contributed by atoms with Crippen molar-refractivity contribution in [3.8, 4) is 0 Å². The van der Waals surface area contributed by atoms with Gasteiger partial charge in [0.05, 0.1) is 5.52 Å². The molecule has 0 aliphatic heterocycles. The van der Waals surface area contributed by atoms with Crippen LogP contribution in [0.15, 0.2) is 22.7 Å². The predicted octanol–water partition coefficient (Wildman–Crippen LogP) is 3.06. The van der Waals surface area contributed by atoms with E-state index in [0.717, 1.165) is 33.1 Å². The number of aryl methyl sites for hydroxylation is 1. The van der Waals surface area contributed by atoms with Crippen molar-refractivity contribution in [3.63, 3.8) is 0 Å². The van der Waals surface area contributed by atoms with Gasteiger partial charge in [-0.25, -0.2) is 0 Å². The Hall–Kier alpha value is -1.09. The first-order valence-electron chi connectivity index (χ1n) is 4.59. The van der Waals surface area contributed by atoms with Gasteiger partial charge < -0.3 is 4.98 Å². The number of H-pyrrole nitrogens is 1. The topological polar surface area (TPSA) is 32.9 Å². The van der Waals surface area contributed by atoms with Gasteiger partial charge in [-0.2, -0.15) is 0 Å². The van der Waals surface area contributed by atoms with Gasteiger partial charge in [-0.05, 0) is 28.4 Å². The van der Waals surface area contributed by atoms with Crippen molar-refractivity contribution < 1.29 is 4.79 Å². The van der Waals surface area contributed by atoms with E-state index in [2.05, 4.69) is 20.9 Å². The number of fused-ring (bicyclic) bond motifs is 3. The summed E-state index contributed by atoms with van der Waals surface area (Å²) in [5.74, 6) is 0.268. The number of ketones is 1. The molecule has 1 aliphatic rings. The molecule has 1 N–H and O–H groups in total. The minimum atomic E-state index is 0.268. The number of benzene rings is 1. The van der Waals surface area contributed by atoms with Gasteiger partial charge >= 0.3 is 0 Å². The van der Waals surface area contributed by atoms with Gasteiger partial charge in [0.25, 0.3) is 0 Å². The molecule has 0 saturated carbocycles. The number of para-hydroxylation sites is 1. The first kappa shape index (κ1) is 8.24. The second-order valence-electron chi connectivity index (χ2n) is 3.56. The number of rotatable bonds is 0. The number of aromatic nitrogens is 1. The Morgan fingerprint density at radius 3 is 3.00 bits per heavy atom. The summed E-state index contributed by atoms with van der Waals surface area (Å²) >= 11 is 3.48. The third kappa shape index (κ3) is 0.932. The van der Waals surface area contributed by atoms with Crippen molar-refractivity contribution in [2.75, 3.05) is 0 Å². The molecule has 2 aromatic rings. The lowest BCUT2D eigenvalue weighted by Crippen LogP contribution is -1.89. The van der Waals surface area contributed by atoms with Crippen LogP contribution in [0.2, 0.25) is 0 Å². The van der Waals surface area contributed by atoms with Crippen molar-refractivity contribution in [1.29, 1.82) is 0 Å². The largest absolute Gasteiger partial charge is 0.357 e. The second kappa shape index (κ2) is 2.70. The molecule has 2 nitrogen and oxygen atoms in total. The Labute approximate surface area is 89.4 Å². The quantitative estimate of drug-likeness (QED) is 0.765. The zero-order valence-corrected chi connectivity index (χ0v) is 9.02. The smallest absolute Gasteiger partial charge is 0.165 e. The highest BCUT2D eigenvalue weighted by Crippen LogP contribution is 2.33. The van der Waals surface area contributed by atoms with Crippen molar-refractivity contribution in [2.24, 2.45) is 0 Å². The molecule has 0 saturated heterocycles. The predicted molar refractivity (Wildman–Crippen MR) is 58.7 cm³/mol. The van der Waals surface area contributed by atoms with E-state index >= 15 is 0 Å². The normalized spacial score (nSPS) is 15.1. The van der Waals surface area contributed by atoms with Crippen molar-refractivity contribution in [3.05, 3.63) is 33.9 Å². The fourth-order valence-corrected chi connectivity index (χ4v) is 2.57. The van der Waals surface area contributed by atoms with E-state index < -0.39 is 0 Å². The fourth-order valence-electron chi connectivity index (χ4n) is 2.10. The second-order valence-corrected chi connectivity index (χ2v) is 4.42. The standard InChI is InChI=1S/C11H8BrNO/c12-7-3-1-2-6-10-8(13-11(6)7)4-5-9(10)14/h1-3,13H,4-5H2. The van der Waals surface area contributed by atoms with E-state index in [1.807, 2.05) is 18.2 Å². The van der Waals surface area contributed by atoms with Crippen molar-refractivity contribution >= 4 is 32.6 Å². The number of hydrogen-bond donors (Lipinski definition) is 1. The molecule has 3 rings (SSSR count). The van der Waals surface area contributed by atoms with Crippen LogP contribution >= 0.6 is 15.9 Å². The molecule has 0 atom stereocenters. The number of Topliss-reactive ketones (excluding diaryl/α,β-unsaturated/α-hetero) is 1. The van der Waals surface area contributed by atoms with Crippen LogP contribution in [-0.4, -0.2) is 10.8 Å². The van der Waals surface area contributed by atoms with Crippen molar-refractivity contribution in [1.82, 2.24) is 4.98 Å². The molecule has 3 heteroatoms. The third-order valence-electron chi connectivity index (χ3n) is 2.74. The summed E-state index contributed by atoms with van der Waals surface area (Å²) in [4.78, 5) is 14.9. The maximum Gasteiger partial charge on any atom is 0.165 e. The van der Waals surface area contributed by atoms with Gasteiger partial charge in [0.1, 0.15) is 0 Å². The first-order chi connectivity index (χ1) is 6.77. The van der Waals surface area contributed by atoms with E-state index in [1.165, 1.54) is 0 Å². The van der Waals surface area contributed by atoms with Crippen LogP contribution in [0.1, 0.15) is 22.5 Å². The molecule has 0 fully saturated rings. The molecule has 1 aromatic heterocycles. The summed E-state index contributed by atoms with van der Waals surface area (Å²) in [6.45, 7) is 0. The number of carbonyl (C=O) groups is 1. The van der Waals surface area contributed by atoms with Crippen LogP contribution in [0.4, 0.5) is 0 Å². The summed E-state index contributed by atoms with van der Waals surface area (Å²) < 4.78 is 1.03. The Morgan fingerprint density at radius 2 is 2.14 bits per heavy atom. The van der Waals surface area contributed by atoms with Crippen molar-refractivity contribution in [2.45, 2.75) is 12.8 Å². The molecule has 1 heterocycles. The summed E-state index contributed by atoms with van der Waals surface area (Å²) in [5, 5.41) is 1.05. The van der Waals surface area contributed by atoms with Crippen LogP contribution in [0.25, 0.3) is 10.9 Å². The van der Waals surface area contributed by atoms with Gasteiger partial charge in [-0.3, -0.25) is 4.79 Å². The molecular formula is C11H8BrNO. The van der Waals surface area contributed by atoms with Gasteiger partial charge in [0.2, 0.25) is 0 Å². The minimum Gasteiger partial charge on any atom is -0.357 e. The molecular weight excluding hydrogens is 242 g/mol. The monoisotopic (exact) mass is 249 g/mol. The molecule has 0 unspecified atom stereocenters. The van der Waals surface area contributed by atoms with E-state index in [-0.39, 0.29) is 5.78 Å². The maximum absolute atomic E-state index is 11.6. The van der Waals surface area contributed by atoms with Gasteiger partial charge in [-0.1, -0.05) is 12.1 Å². The molecule has 0 amide bonds. The number of hydrogen-bond acceptors (Lipinski definition) is 1. The SMILES string of the molecule is O=C1CCc2[nH]c3c(Br)cccc3c21. The Bertz CT molecular complexity index is 541. The van der Waals surface area contributed by atoms with E-state index in [0.29, 0.717) is 6.42 Å². The van der Waals surface area contributed by atoms with Gasteiger partial charge in [0, 0.05) is 27.5 Å². The molecule has 1 aromatic carbocycles. The Kier molecular flexibility index (Phi) is 1.59. The third-order valence-corrected chi connectivity index (χ3v) is 3.40. The number of halogens is 1. The van der Waals surface area contributed by atoms with Gasteiger partial charge in [-0.15, -0.1) is 0 Å². The maximum atomic E-state index is 11.6. The average molecular weight is 250 g/mol. The molecule has 0 radical (unpaired) electrons. The van der Waals surface area contributed by atoms with Crippen LogP contribution < -0.4 is 0 Å². The Balaban J connectivity index is 2.47. The summed E-state index contributed by atoms with van der Waals surface area (Å²) in [6.07, 6.45) is 1.51. The van der Waals surface area contributed by atoms with E-state index in [9.17, 15) is 4.79 Å². The zero-order chi connectivity index (χ0) is 9.71. The van der Waals surface area contributed by atoms with Crippen LogP contribution in [-0.2, 0) is 6.42 Å². The highest BCUT2D eigenvalue weighted by Gasteiger charge is 2.24. The van der Waals surface area contributed by atoms with Crippen LogP contribution in [0.3, 0.4) is 0 Å². The Morgan fingerprint density at radius 1 is 1.29 bits per heavy atom. The lowest BCUT2D eigenvalue weighted by atomic mass is 10.1. The lowest BCUT2D eigenvalue weighted by molar-refractivity contribution is 0.0996. The minimum absolute atomic E-state index is 0.268. The number of carbonyl (C=O) groups excluding carboxylic acids is 1. The average Bonchev–Trinajstić information content (AvgIpc) is 2.68. The first-order valence-corrected chi connectivity index (χ1v) is 5.39. The van der Waals surface area contributed by atoms with Gasteiger partial charge in [0.15, 0.2) is 5.78 Å². The fraction of sp³-hybridized carbons (Fsp3) is 0.182. The zero-order valence-electron chi connectivity index (χ0n) is 7.43. The molecule has 0 spiro atoms. The summed E-state index contributed by atoms with van der Waals surface area (Å²) in [6, 6.07) is 5.95. The number of nitrogens with one attached hydrogen (secondary N) is 1. The lowest BCUT2D eigenvalue weighted by Gasteiger charge is -1.94. The summed E-state index contributed by atoms with van der Waals surface area (Å²) in [7, 11) is 0. The van der Waals surface area contributed by atoms with Crippen LogP contribution in [0, 0.1) is 0 Å².